The molecule has 0 saturated heterocycles. The lowest BCUT2D eigenvalue weighted by Crippen LogP contribution is -2.32. The Hall–Kier alpha value is -1.80. The van der Waals surface area contributed by atoms with E-state index in [1.807, 2.05) is 6.07 Å². The van der Waals surface area contributed by atoms with E-state index in [9.17, 15) is 5.11 Å². The molecule has 0 saturated carbocycles. The average Bonchev–Trinajstić information content (AvgIpc) is 2.55. The van der Waals surface area contributed by atoms with Gasteiger partial charge in [0.25, 0.3) is 0 Å². The van der Waals surface area contributed by atoms with E-state index in [0.29, 0.717) is 0 Å². The molecule has 3 rings (SSSR count). The van der Waals surface area contributed by atoms with Crippen LogP contribution in [0.15, 0.2) is 54.6 Å². The van der Waals surface area contributed by atoms with E-state index in [0.717, 1.165) is 31.5 Å². The fourth-order valence-corrected chi connectivity index (χ4v) is 3.12. The van der Waals surface area contributed by atoms with E-state index < -0.39 is 0 Å². The van der Waals surface area contributed by atoms with Gasteiger partial charge in [-0.3, -0.25) is 0 Å². The van der Waals surface area contributed by atoms with Crippen molar-refractivity contribution in [1.82, 2.24) is 0 Å². The number of aliphatic hydroxyl groups is 1. The Morgan fingerprint density at radius 1 is 0.952 bits per heavy atom. The minimum Gasteiger partial charge on any atom is -0.388 e. The van der Waals surface area contributed by atoms with Crippen LogP contribution in [0.25, 0.3) is 0 Å². The monoisotopic (exact) mass is 281 g/mol. The van der Waals surface area contributed by atoms with Gasteiger partial charge in [-0.2, -0.15) is 0 Å². The van der Waals surface area contributed by atoms with Crippen LogP contribution >= 0.6 is 0 Å². The van der Waals surface area contributed by atoms with Gasteiger partial charge in [-0.25, -0.2) is 0 Å². The zero-order chi connectivity index (χ0) is 14.5. The highest BCUT2D eigenvalue weighted by atomic mass is 16.3. The van der Waals surface area contributed by atoms with Crippen molar-refractivity contribution < 1.29 is 5.11 Å². The van der Waals surface area contributed by atoms with Crippen molar-refractivity contribution in [3.05, 3.63) is 65.7 Å². The van der Waals surface area contributed by atoms with Gasteiger partial charge in [0.05, 0.1) is 6.10 Å². The van der Waals surface area contributed by atoms with Crippen LogP contribution in [0, 0.1) is 0 Å². The first-order valence-electron chi connectivity index (χ1n) is 7.90. The third kappa shape index (κ3) is 3.45. The molecule has 1 unspecified atom stereocenters. The summed E-state index contributed by atoms with van der Waals surface area (Å²) in [5, 5.41) is 10.1. The molecule has 0 bridgehead atoms. The Labute approximate surface area is 127 Å². The lowest BCUT2D eigenvalue weighted by molar-refractivity contribution is 0.164. The summed E-state index contributed by atoms with van der Waals surface area (Å²) in [6.07, 6.45) is 4.11. The van der Waals surface area contributed by atoms with Crippen molar-refractivity contribution in [2.75, 3.05) is 18.0 Å². The number of unbranched alkanes of at least 4 members (excludes halogenated alkanes) is 1. The van der Waals surface area contributed by atoms with Crippen LogP contribution in [-0.2, 0) is 6.42 Å². The molecule has 21 heavy (non-hydrogen) atoms. The third-order valence-corrected chi connectivity index (χ3v) is 4.30. The molecule has 1 aliphatic heterocycles. The maximum absolute atomic E-state index is 10.1. The second-order valence-electron chi connectivity index (χ2n) is 5.79. The fraction of sp³-hybridized carbons (Fsp3) is 0.368. The highest BCUT2D eigenvalue weighted by Gasteiger charge is 2.22. The number of fused-ring (bicyclic) bond motifs is 1. The molecule has 0 aliphatic carbocycles. The summed E-state index contributed by atoms with van der Waals surface area (Å²) in [4.78, 5) is 2.42. The van der Waals surface area contributed by atoms with Crippen LogP contribution in [0.3, 0.4) is 0 Å². The average molecular weight is 281 g/mol. The number of hydrogen-bond donors (Lipinski definition) is 1. The molecule has 2 heteroatoms. The van der Waals surface area contributed by atoms with Gasteiger partial charge >= 0.3 is 0 Å². The fourth-order valence-electron chi connectivity index (χ4n) is 3.12. The molecule has 1 atom stereocenters. The van der Waals surface area contributed by atoms with Crippen LogP contribution in [0.5, 0.6) is 0 Å². The first-order valence-corrected chi connectivity index (χ1v) is 7.90. The zero-order valence-electron chi connectivity index (χ0n) is 12.4. The van der Waals surface area contributed by atoms with Crippen LogP contribution in [0.1, 0.15) is 36.5 Å². The van der Waals surface area contributed by atoms with Crippen molar-refractivity contribution in [3.8, 4) is 0 Å². The smallest absolute Gasteiger partial charge is 0.0826 e. The highest BCUT2D eigenvalue weighted by Crippen LogP contribution is 2.33. The second-order valence-corrected chi connectivity index (χ2v) is 5.79. The van der Waals surface area contributed by atoms with Crippen molar-refractivity contribution >= 4 is 5.69 Å². The van der Waals surface area contributed by atoms with E-state index in [-0.39, 0.29) is 6.10 Å². The summed E-state index contributed by atoms with van der Waals surface area (Å²) in [7, 11) is 0. The number of anilines is 1. The van der Waals surface area contributed by atoms with Crippen LogP contribution < -0.4 is 4.90 Å². The lowest BCUT2D eigenvalue weighted by atomic mass is 9.98. The molecule has 0 radical (unpaired) electrons. The van der Waals surface area contributed by atoms with Crippen molar-refractivity contribution in [2.45, 2.75) is 31.8 Å². The molecule has 1 heterocycles. The van der Waals surface area contributed by atoms with Gasteiger partial charge in [0.1, 0.15) is 0 Å². The number of hydrogen-bond acceptors (Lipinski definition) is 2. The Bertz CT molecular complexity index is 567. The van der Waals surface area contributed by atoms with Crippen LogP contribution in [-0.4, -0.2) is 18.2 Å². The third-order valence-electron chi connectivity index (χ3n) is 4.30. The molecule has 1 N–H and O–H groups in total. The normalized spacial score (nSPS) is 17.6. The number of rotatable bonds is 5. The summed E-state index contributed by atoms with van der Waals surface area (Å²) in [5.74, 6) is 0. The summed E-state index contributed by atoms with van der Waals surface area (Å²) in [6, 6.07) is 19.0. The van der Waals surface area contributed by atoms with Gasteiger partial charge in [0.15, 0.2) is 0 Å². The highest BCUT2D eigenvalue weighted by molar-refractivity contribution is 5.56. The Kier molecular flexibility index (Phi) is 4.56. The van der Waals surface area contributed by atoms with Gasteiger partial charge in [0, 0.05) is 24.3 Å². The second kappa shape index (κ2) is 6.77. The van der Waals surface area contributed by atoms with Crippen LogP contribution in [0.4, 0.5) is 5.69 Å². The first kappa shape index (κ1) is 14.2. The van der Waals surface area contributed by atoms with Crippen molar-refractivity contribution in [1.29, 1.82) is 0 Å². The summed E-state index contributed by atoms with van der Waals surface area (Å²) >= 11 is 0. The largest absolute Gasteiger partial charge is 0.388 e. The number of aryl methyl sites for hydroxylation is 1. The van der Waals surface area contributed by atoms with Crippen LogP contribution in [0.2, 0.25) is 0 Å². The minimum absolute atomic E-state index is 0.290. The summed E-state index contributed by atoms with van der Waals surface area (Å²) in [6.45, 7) is 2.04. The molecule has 2 aromatic rings. The number of benzene rings is 2. The Morgan fingerprint density at radius 2 is 1.71 bits per heavy atom. The number of aliphatic hydroxyl groups excluding tert-OH is 1. The maximum Gasteiger partial charge on any atom is 0.0826 e. The van der Waals surface area contributed by atoms with Crippen molar-refractivity contribution in [2.24, 2.45) is 0 Å². The quantitative estimate of drug-likeness (QED) is 0.839. The van der Waals surface area contributed by atoms with E-state index in [1.165, 1.54) is 24.1 Å². The Balaban J connectivity index is 1.53. The van der Waals surface area contributed by atoms with Gasteiger partial charge in [-0.15, -0.1) is 0 Å². The van der Waals surface area contributed by atoms with Gasteiger partial charge in [-0.05, 0) is 37.3 Å². The molecule has 1 aliphatic rings. The summed E-state index contributed by atoms with van der Waals surface area (Å²) < 4.78 is 0. The van der Waals surface area contributed by atoms with Gasteiger partial charge < -0.3 is 10.0 Å². The van der Waals surface area contributed by atoms with E-state index in [2.05, 4.69) is 53.4 Å². The molecule has 110 valence electrons. The van der Waals surface area contributed by atoms with E-state index >= 15 is 0 Å². The predicted molar refractivity (Wildman–Crippen MR) is 87.6 cm³/mol. The maximum atomic E-state index is 10.1. The molecule has 2 aromatic carbocycles. The molecule has 0 fully saturated rings. The van der Waals surface area contributed by atoms with E-state index in [1.54, 1.807) is 0 Å². The van der Waals surface area contributed by atoms with E-state index in [4.69, 9.17) is 0 Å². The van der Waals surface area contributed by atoms with Crippen molar-refractivity contribution in [3.63, 3.8) is 0 Å². The predicted octanol–water partition coefficient (Wildman–Crippen LogP) is 3.95. The molecular weight excluding hydrogens is 258 g/mol. The standard InChI is InChI=1S/C19H23NO/c21-19-13-15-20(18-12-5-4-11-17(18)19)14-7-6-10-16-8-2-1-3-9-16/h1-5,8-9,11-12,19,21H,6-7,10,13-15H2. The number of nitrogens with zero attached hydrogens (tertiary/aromatic N) is 1. The molecule has 0 aromatic heterocycles. The summed E-state index contributed by atoms with van der Waals surface area (Å²) in [5.41, 5.74) is 3.73. The molecular formula is C19H23NO. The Morgan fingerprint density at radius 3 is 2.57 bits per heavy atom. The lowest BCUT2D eigenvalue weighted by Gasteiger charge is -2.33. The number of para-hydroxylation sites is 1. The topological polar surface area (TPSA) is 23.5 Å². The zero-order valence-corrected chi connectivity index (χ0v) is 12.4. The molecule has 2 nitrogen and oxygen atoms in total. The van der Waals surface area contributed by atoms with Gasteiger partial charge in [0.2, 0.25) is 0 Å². The molecule has 0 amide bonds. The SMILES string of the molecule is OC1CCN(CCCCc2ccccc2)c2ccccc21. The van der Waals surface area contributed by atoms with Gasteiger partial charge in [-0.1, -0.05) is 48.5 Å². The first-order chi connectivity index (χ1) is 10.3. The minimum atomic E-state index is -0.290. The molecule has 0 spiro atoms.